The van der Waals surface area contributed by atoms with Gasteiger partial charge in [-0.05, 0) is 36.4 Å². The van der Waals surface area contributed by atoms with Crippen LogP contribution in [0.4, 0.5) is 11.4 Å². The number of rotatable bonds is 5. The van der Waals surface area contributed by atoms with Crippen LogP contribution in [-0.2, 0) is 14.8 Å². The van der Waals surface area contributed by atoms with E-state index >= 15 is 0 Å². The average Bonchev–Trinajstić information content (AvgIpc) is 2.54. The van der Waals surface area contributed by atoms with Gasteiger partial charge in [0.15, 0.2) is 5.75 Å². The Kier molecular flexibility index (Phi) is 4.69. The van der Waals surface area contributed by atoms with Gasteiger partial charge in [-0.2, -0.15) is 0 Å². The number of nitro groups is 1. The smallest absolute Gasteiger partial charge is 0.337 e. The highest BCUT2D eigenvalue weighted by molar-refractivity contribution is 7.92. The molecule has 0 unspecified atom stereocenters. The van der Waals surface area contributed by atoms with Gasteiger partial charge in [0.05, 0.1) is 22.5 Å². The summed E-state index contributed by atoms with van der Waals surface area (Å²) >= 11 is 0. The quantitative estimate of drug-likeness (QED) is 0.476. The standard InChI is InChI=1S/C14H12N2O7S/c1-23-14(18)9-2-4-10(5-3-9)15-24(21,22)11-6-7-13(17)12(8-11)16(19)20/h2-8,15,17H,1H3. The molecule has 0 aliphatic carbocycles. The molecule has 2 aromatic rings. The minimum atomic E-state index is -4.11. The predicted octanol–water partition coefficient (Wildman–Crippen LogP) is 1.89. The van der Waals surface area contributed by atoms with Gasteiger partial charge in [-0.25, -0.2) is 13.2 Å². The molecule has 126 valence electrons. The van der Waals surface area contributed by atoms with Crippen LogP contribution in [0.5, 0.6) is 5.75 Å². The number of nitro benzene ring substituents is 1. The molecule has 9 nitrogen and oxygen atoms in total. The van der Waals surface area contributed by atoms with Crippen LogP contribution < -0.4 is 4.72 Å². The van der Waals surface area contributed by atoms with Crippen LogP contribution in [0.3, 0.4) is 0 Å². The topological polar surface area (TPSA) is 136 Å². The summed E-state index contributed by atoms with van der Waals surface area (Å²) in [5.41, 5.74) is -0.335. The van der Waals surface area contributed by atoms with Gasteiger partial charge in [0, 0.05) is 11.8 Å². The van der Waals surface area contributed by atoms with Crippen molar-refractivity contribution < 1.29 is 28.0 Å². The summed E-state index contributed by atoms with van der Waals surface area (Å²) in [6, 6.07) is 8.13. The Balaban J connectivity index is 2.30. The summed E-state index contributed by atoms with van der Waals surface area (Å²) in [6.07, 6.45) is 0. The van der Waals surface area contributed by atoms with Gasteiger partial charge in [-0.3, -0.25) is 14.8 Å². The molecule has 24 heavy (non-hydrogen) atoms. The Morgan fingerprint density at radius 2 is 1.83 bits per heavy atom. The van der Waals surface area contributed by atoms with Gasteiger partial charge >= 0.3 is 11.7 Å². The fourth-order valence-corrected chi connectivity index (χ4v) is 2.90. The lowest BCUT2D eigenvalue weighted by Crippen LogP contribution is -2.13. The van der Waals surface area contributed by atoms with Gasteiger partial charge in [0.1, 0.15) is 0 Å². The Hall–Kier alpha value is -3.14. The Labute approximate surface area is 136 Å². The number of hydrogen-bond donors (Lipinski definition) is 2. The first-order valence-corrected chi connectivity index (χ1v) is 7.91. The van der Waals surface area contributed by atoms with Crippen molar-refractivity contribution in [2.24, 2.45) is 0 Å². The number of sulfonamides is 1. The monoisotopic (exact) mass is 352 g/mol. The number of methoxy groups -OCH3 is 1. The molecule has 0 heterocycles. The molecule has 0 spiro atoms. The predicted molar refractivity (Wildman–Crippen MR) is 83.4 cm³/mol. The summed E-state index contributed by atoms with van der Waals surface area (Å²) in [5.74, 6) is -1.21. The lowest BCUT2D eigenvalue weighted by molar-refractivity contribution is -0.386. The molecular formula is C14H12N2O7S. The first-order valence-electron chi connectivity index (χ1n) is 6.43. The van der Waals surface area contributed by atoms with E-state index < -0.39 is 32.4 Å². The zero-order valence-electron chi connectivity index (χ0n) is 12.3. The number of aromatic hydroxyl groups is 1. The van der Waals surface area contributed by atoms with Crippen LogP contribution in [-0.4, -0.2) is 31.5 Å². The molecule has 0 saturated carbocycles. The molecule has 0 fully saturated rings. The molecule has 0 amide bonds. The van der Waals surface area contributed by atoms with Gasteiger partial charge in [-0.1, -0.05) is 0 Å². The summed E-state index contributed by atoms with van der Waals surface area (Å²) in [6.45, 7) is 0. The molecule has 0 bridgehead atoms. The van der Waals surface area contributed by atoms with Crippen LogP contribution in [0.25, 0.3) is 0 Å². The molecule has 0 aliphatic heterocycles. The van der Waals surface area contributed by atoms with Crippen molar-refractivity contribution in [3.05, 3.63) is 58.1 Å². The lowest BCUT2D eigenvalue weighted by Gasteiger charge is -2.09. The molecule has 10 heteroatoms. The molecule has 0 atom stereocenters. The second-order valence-electron chi connectivity index (χ2n) is 4.58. The zero-order chi connectivity index (χ0) is 17.9. The van der Waals surface area contributed by atoms with Crippen molar-refractivity contribution in [3.63, 3.8) is 0 Å². The number of nitrogens with one attached hydrogen (secondary N) is 1. The van der Waals surface area contributed by atoms with Gasteiger partial charge in [0.2, 0.25) is 0 Å². The number of phenolic OH excluding ortho intramolecular Hbond substituents is 1. The van der Waals surface area contributed by atoms with Crippen molar-refractivity contribution in [2.75, 3.05) is 11.8 Å². The third-order valence-corrected chi connectivity index (χ3v) is 4.39. The zero-order valence-corrected chi connectivity index (χ0v) is 13.1. The molecular weight excluding hydrogens is 340 g/mol. The average molecular weight is 352 g/mol. The normalized spacial score (nSPS) is 10.9. The minimum Gasteiger partial charge on any atom is -0.502 e. The number of esters is 1. The number of nitrogens with zero attached hydrogens (tertiary/aromatic N) is 1. The number of benzene rings is 2. The van der Waals surface area contributed by atoms with Crippen LogP contribution >= 0.6 is 0 Å². The largest absolute Gasteiger partial charge is 0.502 e. The number of ether oxygens (including phenoxy) is 1. The van der Waals surface area contributed by atoms with Crippen LogP contribution in [0.15, 0.2) is 47.4 Å². The first-order chi connectivity index (χ1) is 11.2. The Morgan fingerprint density at radius 3 is 2.38 bits per heavy atom. The molecule has 0 aliphatic rings. The highest BCUT2D eigenvalue weighted by atomic mass is 32.2. The fraction of sp³-hybridized carbons (Fsp3) is 0.0714. The fourth-order valence-electron chi connectivity index (χ4n) is 1.82. The van der Waals surface area contributed by atoms with E-state index in [1.165, 1.54) is 31.4 Å². The number of carbonyl (C=O) groups is 1. The molecule has 2 N–H and O–H groups in total. The van der Waals surface area contributed by atoms with E-state index in [1.807, 2.05) is 0 Å². The summed E-state index contributed by atoms with van der Waals surface area (Å²) in [5, 5.41) is 20.1. The van der Waals surface area contributed by atoms with E-state index in [0.717, 1.165) is 18.2 Å². The van der Waals surface area contributed by atoms with E-state index in [4.69, 9.17) is 0 Å². The molecule has 2 aromatic carbocycles. The van der Waals surface area contributed by atoms with Crippen molar-refractivity contribution in [1.82, 2.24) is 0 Å². The molecule has 0 radical (unpaired) electrons. The second kappa shape index (κ2) is 6.54. The number of phenols is 1. The van der Waals surface area contributed by atoms with Crippen molar-refractivity contribution in [1.29, 1.82) is 0 Å². The molecule has 0 aromatic heterocycles. The van der Waals surface area contributed by atoms with Crippen LogP contribution in [0.1, 0.15) is 10.4 Å². The van der Waals surface area contributed by atoms with Crippen molar-refractivity contribution in [2.45, 2.75) is 4.90 Å². The maximum atomic E-state index is 12.3. The van der Waals surface area contributed by atoms with E-state index in [2.05, 4.69) is 9.46 Å². The maximum Gasteiger partial charge on any atom is 0.337 e. The highest BCUT2D eigenvalue weighted by Crippen LogP contribution is 2.29. The lowest BCUT2D eigenvalue weighted by atomic mass is 10.2. The van der Waals surface area contributed by atoms with Gasteiger partial charge in [0.25, 0.3) is 10.0 Å². The van der Waals surface area contributed by atoms with E-state index in [9.17, 15) is 28.4 Å². The Morgan fingerprint density at radius 1 is 1.21 bits per heavy atom. The van der Waals surface area contributed by atoms with Crippen molar-refractivity contribution in [3.8, 4) is 5.75 Å². The number of hydrogen-bond acceptors (Lipinski definition) is 7. The van der Waals surface area contributed by atoms with Crippen LogP contribution in [0.2, 0.25) is 0 Å². The van der Waals surface area contributed by atoms with E-state index in [0.29, 0.717) is 0 Å². The minimum absolute atomic E-state index is 0.151. The summed E-state index contributed by atoms with van der Waals surface area (Å²) in [7, 11) is -2.89. The highest BCUT2D eigenvalue weighted by Gasteiger charge is 2.21. The molecule has 2 rings (SSSR count). The molecule has 0 saturated heterocycles. The first kappa shape index (κ1) is 17.2. The second-order valence-corrected chi connectivity index (χ2v) is 6.26. The van der Waals surface area contributed by atoms with Crippen molar-refractivity contribution >= 4 is 27.4 Å². The third kappa shape index (κ3) is 3.60. The van der Waals surface area contributed by atoms with Gasteiger partial charge < -0.3 is 9.84 Å². The van der Waals surface area contributed by atoms with E-state index in [-0.39, 0.29) is 16.1 Å². The maximum absolute atomic E-state index is 12.3. The van der Waals surface area contributed by atoms with E-state index in [1.54, 1.807) is 0 Å². The Bertz CT molecular complexity index is 892. The summed E-state index contributed by atoms with van der Waals surface area (Å²) < 4.78 is 31.3. The third-order valence-electron chi connectivity index (χ3n) is 3.01. The SMILES string of the molecule is COC(=O)c1ccc(NS(=O)(=O)c2ccc(O)c([N+](=O)[O-])c2)cc1. The van der Waals surface area contributed by atoms with Gasteiger partial charge in [-0.15, -0.1) is 0 Å². The number of carbonyl (C=O) groups excluding carboxylic acids is 1. The van der Waals surface area contributed by atoms with Crippen LogP contribution in [0, 0.1) is 10.1 Å². The summed E-state index contributed by atoms with van der Waals surface area (Å²) in [4.78, 5) is 20.8. The number of anilines is 1.